The van der Waals surface area contributed by atoms with Crippen LogP contribution in [0.2, 0.25) is 0 Å². The van der Waals surface area contributed by atoms with Crippen LogP contribution in [0.5, 0.6) is 0 Å². The van der Waals surface area contributed by atoms with Gasteiger partial charge in [0.2, 0.25) is 0 Å². The van der Waals surface area contributed by atoms with E-state index in [2.05, 4.69) is 22.2 Å². The van der Waals surface area contributed by atoms with E-state index in [0.29, 0.717) is 24.1 Å². The quantitative estimate of drug-likeness (QED) is 0.913. The van der Waals surface area contributed by atoms with Gasteiger partial charge in [0.1, 0.15) is 17.7 Å². The number of amides is 1. The van der Waals surface area contributed by atoms with Gasteiger partial charge < -0.3 is 5.32 Å². The number of fused-ring (bicyclic) bond motifs is 1. The van der Waals surface area contributed by atoms with Gasteiger partial charge in [-0.15, -0.1) is 0 Å². The molecule has 0 bridgehead atoms. The van der Waals surface area contributed by atoms with Gasteiger partial charge in [0.15, 0.2) is 0 Å². The van der Waals surface area contributed by atoms with Crippen molar-refractivity contribution in [1.82, 2.24) is 19.9 Å². The van der Waals surface area contributed by atoms with Gasteiger partial charge in [0.05, 0.1) is 0 Å². The summed E-state index contributed by atoms with van der Waals surface area (Å²) in [5.41, 5.74) is 2.02. The van der Waals surface area contributed by atoms with Crippen molar-refractivity contribution in [2.45, 2.75) is 52.1 Å². The molecule has 3 heterocycles. The van der Waals surface area contributed by atoms with Crippen molar-refractivity contribution in [1.29, 1.82) is 0 Å². The fraction of sp³-hybridized carbons (Fsp3) is 0.444. The first-order valence-electron chi connectivity index (χ1n) is 8.36. The summed E-state index contributed by atoms with van der Waals surface area (Å²) in [5, 5.41) is 3.05. The molecular formula is C18H22N4O2. The van der Waals surface area contributed by atoms with Gasteiger partial charge in [0, 0.05) is 23.9 Å². The third kappa shape index (κ3) is 2.52. The number of aromatic nitrogens is 3. The molecule has 1 aliphatic rings. The maximum Gasteiger partial charge on any atom is 0.270 e. The molecule has 1 amide bonds. The van der Waals surface area contributed by atoms with Crippen molar-refractivity contribution in [3.8, 4) is 0 Å². The van der Waals surface area contributed by atoms with Crippen LogP contribution in [-0.4, -0.2) is 20.4 Å². The summed E-state index contributed by atoms with van der Waals surface area (Å²) in [4.78, 5) is 33.7. The average molecular weight is 326 g/mol. The summed E-state index contributed by atoms with van der Waals surface area (Å²) in [6, 6.07) is 3.61. The molecule has 1 unspecified atom stereocenters. The summed E-state index contributed by atoms with van der Waals surface area (Å²) in [6.07, 6.45) is 5.87. The zero-order valence-electron chi connectivity index (χ0n) is 14.3. The fourth-order valence-electron chi connectivity index (χ4n) is 3.58. The third-order valence-electron chi connectivity index (χ3n) is 4.72. The lowest BCUT2D eigenvalue weighted by molar-refractivity contribution is 0.0905. The van der Waals surface area contributed by atoms with Crippen LogP contribution in [-0.2, 0) is 12.1 Å². The summed E-state index contributed by atoms with van der Waals surface area (Å²) >= 11 is 0. The smallest absolute Gasteiger partial charge is 0.270 e. The van der Waals surface area contributed by atoms with E-state index >= 15 is 0 Å². The number of pyridine rings is 1. The molecule has 3 rings (SSSR count). The van der Waals surface area contributed by atoms with Crippen molar-refractivity contribution in [3.63, 3.8) is 0 Å². The molecule has 0 aliphatic carbocycles. The molecule has 1 aliphatic heterocycles. The van der Waals surface area contributed by atoms with Crippen LogP contribution in [0.3, 0.4) is 0 Å². The van der Waals surface area contributed by atoms with E-state index in [1.165, 1.54) is 6.33 Å². The Hall–Kier alpha value is -2.50. The number of hydrogen-bond acceptors (Lipinski definition) is 4. The van der Waals surface area contributed by atoms with Crippen LogP contribution in [0.25, 0.3) is 0 Å². The van der Waals surface area contributed by atoms with E-state index in [1.807, 2.05) is 19.9 Å². The van der Waals surface area contributed by atoms with E-state index in [9.17, 15) is 9.59 Å². The molecule has 0 saturated heterocycles. The Balaban J connectivity index is 2.17. The van der Waals surface area contributed by atoms with Gasteiger partial charge in [-0.3, -0.25) is 14.2 Å². The lowest BCUT2D eigenvalue weighted by Crippen LogP contribution is -2.47. The van der Waals surface area contributed by atoms with Crippen LogP contribution in [0, 0.1) is 6.92 Å². The van der Waals surface area contributed by atoms with Gasteiger partial charge in [0.25, 0.3) is 11.5 Å². The fourth-order valence-corrected chi connectivity index (χ4v) is 3.58. The van der Waals surface area contributed by atoms with Crippen LogP contribution in [0.15, 0.2) is 29.5 Å². The minimum absolute atomic E-state index is 0.108. The lowest BCUT2D eigenvalue weighted by Gasteiger charge is -2.30. The van der Waals surface area contributed by atoms with Crippen molar-refractivity contribution in [2.75, 3.05) is 0 Å². The molecule has 2 aromatic heterocycles. The van der Waals surface area contributed by atoms with Crippen LogP contribution >= 0.6 is 0 Å². The molecule has 1 atom stereocenters. The SMILES string of the molecule is CCCC1(CC)NC(=O)c2c(C)cc(Cc3ccncn3)c(=O)n21. The maximum absolute atomic E-state index is 13.1. The average Bonchev–Trinajstić information content (AvgIpc) is 2.87. The Morgan fingerprint density at radius 2 is 2.08 bits per heavy atom. The van der Waals surface area contributed by atoms with Crippen LogP contribution in [0.4, 0.5) is 0 Å². The lowest BCUT2D eigenvalue weighted by atomic mass is 10.00. The monoisotopic (exact) mass is 326 g/mol. The number of carbonyl (C=O) groups excluding carboxylic acids is 1. The zero-order chi connectivity index (χ0) is 17.3. The molecular weight excluding hydrogens is 304 g/mol. The molecule has 1 N–H and O–H groups in total. The topological polar surface area (TPSA) is 76.9 Å². The number of carbonyl (C=O) groups is 1. The highest BCUT2D eigenvalue weighted by Gasteiger charge is 2.42. The first kappa shape index (κ1) is 16.4. The number of hydrogen-bond donors (Lipinski definition) is 1. The van der Waals surface area contributed by atoms with E-state index in [4.69, 9.17) is 0 Å². The second-order valence-corrected chi connectivity index (χ2v) is 6.31. The number of nitrogens with zero attached hydrogens (tertiary/aromatic N) is 3. The molecule has 0 spiro atoms. The van der Waals surface area contributed by atoms with Gasteiger partial charge in [-0.05, 0) is 37.5 Å². The summed E-state index contributed by atoms with van der Waals surface area (Å²) in [6.45, 7) is 5.94. The normalized spacial score (nSPS) is 19.2. The molecule has 0 saturated carbocycles. The molecule has 24 heavy (non-hydrogen) atoms. The molecule has 0 radical (unpaired) electrons. The van der Waals surface area contributed by atoms with Gasteiger partial charge >= 0.3 is 0 Å². The minimum atomic E-state index is -0.620. The maximum atomic E-state index is 13.1. The summed E-state index contributed by atoms with van der Waals surface area (Å²) < 4.78 is 1.69. The van der Waals surface area contributed by atoms with Crippen molar-refractivity contribution >= 4 is 5.91 Å². The Morgan fingerprint density at radius 3 is 2.71 bits per heavy atom. The van der Waals surface area contributed by atoms with E-state index in [0.717, 1.165) is 24.1 Å². The van der Waals surface area contributed by atoms with Crippen molar-refractivity contribution in [3.05, 3.63) is 57.5 Å². The molecule has 0 fully saturated rings. The first-order valence-corrected chi connectivity index (χ1v) is 8.36. The van der Waals surface area contributed by atoms with Gasteiger partial charge in [-0.25, -0.2) is 9.97 Å². The minimum Gasteiger partial charge on any atom is -0.327 e. The Kier molecular flexibility index (Phi) is 4.22. The van der Waals surface area contributed by atoms with Gasteiger partial charge in [-0.1, -0.05) is 20.3 Å². The van der Waals surface area contributed by atoms with Crippen LogP contribution < -0.4 is 10.9 Å². The summed E-state index contributed by atoms with van der Waals surface area (Å²) in [7, 11) is 0. The number of nitrogens with one attached hydrogen (secondary N) is 1. The molecule has 6 heteroatoms. The van der Waals surface area contributed by atoms with E-state index < -0.39 is 5.66 Å². The molecule has 0 aromatic carbocycles. The van der Waals surface area contributed by atoms with Crippen molar-refractivity contribution in [2.24, 2.45) is 0 Å². The Bertz CT molecular complexity index is 829. The Morgan fingerprint density at radius 1 is 1.29 bits per heavy atom. The highest BCUT2D eigenvalue weighted by atomic mass is 16.2. The standard InChI is InChI=1S/C18H22N4O2/c1-4-7-18(5-2)21-16(23)15-12(3)9-13(17(24)22(15)18)10-14-6-8-19-11-20-14/h6,8-9,11H,4-5,7,10H2,1-3H3,(H,21,23). The highest BCUT2D eigenvalue weighted by Crippen LogP contribution is 2.31. The first-order chi connectivity index (χ1) is 11.5. The van der Waals surface area contributed by atoms with Crippen LogP contribution in [0.1, 0.15) is 60.4 Å². The predicted octanol–water partition coefficient (Wildman–Crippen LogP) is 2.14. The number of rotatable bonds is 5. The largest absolute Gasteiger partial charge is 0.327 e. The number of aryl methyl sites for hydroxylation is 1. The molecule has 6 nitrogen and oxygen atoms in total. The Labute approximate surface area is 141 Å². The third-order valence-corrected chi connectivity index (χ3v) is 4.72. The molecule has 2 aromatic rings. The summed E-state index contributed by atoms with van der Waals surface area (Å²) in [5.74, 6) is -0.159. The highest BCUT2D eigenvalue weighted by molar-refractivity contribution is 5.96. The van der Waals surface area contributed by atoms with E-state index in [-0.39, 0.29) is 11.5 Å². The second-order valence-electron chi connectivity index (χ2n) is 6.31. The van der Waals surface area contributed by atoms with Gasteiger partial charge in [-0.2, -0.15) is 0 Å². The van der Waals surface area contributed by atoms with Crippen molar-refractivity contribution < 1.29 is 4.79 Å². The second kappa shape index (κ2) is 6.19. The zero-order valence-corrected chi connectivity index (χ0v) is 14.3. The predicted molar refractivity (Wildman–Crippen MR) is 90.9 cm³/mol. The molecule has 126 valence electrons. The van der Waals surface area contributed by atoms with E-state index in [1.54, 1.807) is 16.8 Å².